The van der Waals surface area contributed by atoms with Gasteiger partial charge in [-0.1, -0.05) is 13.8 Å². The molecule has 1 aromatic rings. The summed E-state index contributed by atoms with van der Waals surface area (Å²) in [6.45, 7) is 5.13. The van der Waals surface area contributed by atoms with Crippen molar-refractivity contribution < 1.29 is 0 Å². The van der Waals surface area contributed by atoms with Gasteiger partial charge in [0, 0.05) is 35.9 Å². The van der Waals surface area contributed by atoms with E-state index in [2.05, 4.69) is 28.1 Å². The molecule has 0 amide bonds. The summed E-state index contributed by atoms with van der Waals surface area (Å²) in [4.78, 5) is 6.87. The maximum atomic E-state index is 5.80. The average molecular weight is 246 g/mol. The van der Waals surface area contributed by atoms with Gasteiger partial charge in [-0.3, -0.25) is 0 Å². The van der Waals surface area contributed by atoms with Gasteiger partial charge in [0.15, 0.2) is 0 Å². The highest BCUT2D eigenvalue weighted by molar-refractivity contribution is 7.09. The van der Waals surface area contributed by atoms with Crippen LogP contribution in [0, 0.1) is 0 Å². The molecule has 2 rings (SSSR count). The van der Waals surface area contributed by atoms with E-state index in [1.807, 2.05) is 0 Å². The molecule has 0 aromatic carbocycles. The molecular formula is C10H16ClN3S. The van der Waals surface area contributed by atoms with E-state index in [0.29, 0.717) is 17.8 Å². The molecule has 84 valence electrons. The van der Waals surface area contributed by atoms with Crippen LogP contribution >= 0.6 is 23.1 Å². The highest BCUT2D eigenvalue weighted by Gasteiger charge is 2.30. The van der Waals surface area contributed by atoms with E-state index in [1.54, 1.807) is 0 Å². The number of anilines is 1. The van der Waals surface area contributed by atoms with Gasteiger partial charge in [0.1, 0.15) is 5.82 Å². The summed E-state index contributed by atoms with van der Waals surface area (Å²) in [6.07, 6.45) is 2.54. The van der Waals surface area contributed by atoms with Crippen LogP contribution in [-0.2, 0) is 0 Å². The second-order valence-electron chi connectivity index (χ2n) is 4.20. The first-order chi connectivity index (χ1) is 7.22. The lowest BCUT2D eigenvalue weighted by atomic mass is 10.2. The van der Waals surface area contributed by atoms with Crippen molar-refractivity contribution in [2.45, 2.75) is 38.6 Å². The zero-order valence-electron chi connectivity index (χ0n) is 9.11. The van der Waals surface area contributed by atoms with Crippen LogP contribution in [0.15, 0.2) is 0 Å². The van der Waals surface area contributed by atoms with Gasteiger partial charge in [0.25, 0.3) is 0 Å². The SMILES string of the molecule is CC(C)c1nsc(N(CCCl)C2CC2)n1. The van der Waals surface area contributed by atoms with Crippen LogP contribution < -0.4 is 4.90 Å². The molecule has 5 heteroatoms. The Morgan fingerprint density at radius 1 is 1.53 bits per heavy atom. The maximum absolute atomic E-state index is 5.80. The van der Waals surface area contributed by atoms with Crippen LogP contribution in [0.3, 0.4) is 0 Å². The minimum Gasteiger partial charge on any atom is -0.343 e. The van der Waals surface area contributed by atoms with Gasteiger partial charge in [-0.2, -0.15) is 4.37 Å². The summed E-state index contributed by atoms with van der Waals surface area (Å²) in [5.41, 5.74) is 0. The van der Waals surface area contributed by atoms with E-state index >= 15 is 0 Å². The van der Waals surface area contributed by atoms with E-state index < -0.39 is 0 Å². The summed E-state index contributed by atoms with van der Waals surface area (Å²) in [5.74, 6) is 2.02. The second-order valence-corrected chi connectivity index (χ2v) is 5.31. The molecule has 3 nitrogen and oxygen atoms in total. The molecule has 0 N–H and O–H groups in total. The topological polar surface area (TPSA) is 29.0 Å². The number of hydrogen-bond acceptors (Lipinski definition) is 4. The summed E-state index contributed by atoms with van der Waals surface area (Å²) < 4.78 is 4.37. The van der Waals surface area contributed by atoms with Crippen LogP contribution in [0.2, 0.25) is 0 Å². The quantitative estimate of drug-likeness (QED) is 0.747. The number of aromatic nitrogens is 2. The predicted molar refractivity (Wildman–Crippen MR) is 65.1 cm³/mol. The molecule has 0 aliphatic heterocycles. The van der Waals surface area contributed by atoms with E-state index in [9.17, 15) is 0 Å². The van der Waals surface area contributed by atoms with E-state index in [0.717, 1.165) is 17.5 Å². The monoisotopic (exact) mass is 245 g/mol. The molecule has 0 spiro atoms. The van der Waals surface area contributed by atoms with Gasteiger partial charge in [0.05, 0.1) is 0 Å². The van der Waals surface area contributed by atoms with Gasteiger partial charge in [0.2, 0.25) is 5.13 Å². The lowest BCUT2D eigenvalue weighted by molar-refractivity contribution is 0.778. The lowest BCUT2D eigenvalue weighted by Gasteiger charge is -2.19. The first-order valence-electron chi connectivity index (χ1n) is 5.38. The predicted octanol–water partition coefficient (Wildman–Crippen LogP) is 2.87. The fourth-order valence-corrected chi connectivity index (χ4v) is 2.58. The smallest absolute Gasteiger partial charge is 0.205 e. The molecule has 1 aliphatic rings. The molecule has 0 unspecified atom stereocenters. The van der Waals surface area contributed by atoms with Gasteiger partial charge < -0.3 is 4.90 Å². The Labute approximate surface area is 99.6 Å². The highest BCUT2D eigenvalue weighted by atomic mass is 35.5. The molecule has 0 atom stereocenters. The molecule has 1 heterocycles. The van der Waals surface area contributed by atoms with Crippen molar-refractivity contribution in [3.05, 3.63) is 5.82 Å². The van der Waals surface area contributed by atoms with Crippen molar-refractivity contribution in [3.63, 3.8) is 0 Å². The van der Waals surface area contributed by atoms with Crippen LogP contribution in [0.4, 0.5) is 5.13 Å². The molecule has 0 saturated heterocycles. The summed E-state index contributed by atoms with van der Waals surface area (Å²) >= 11 is 7.30. The lowest BCUT2D eigenvalue weighted by Crippen LogP contribution is -2.27. The number of alkyl halides is 1. The Morgan fingerprint density at radius 2 is 2.27 bits per heavy atom. The van der Waals surface area contributed by atoms with Crippen molar-refractivity contribution in [2.24, 2.45) is 0 Å². The largest absolute Gasteiger partial charge is 0.343 e. The zero-order chi connectivity index (χ0) is 10.8. The van der Waals surface area contributed by atoms with Crippen molar-refractivity contribution in [1.82, 2.24) is 9.36 Å². The normalized spacial score (nSPS) is 16.0. The highest BCUT2D eigenvalue weighted by Crippen LogP contribution is 2.33. The third-order valence-electron chi connectivity index (χ3n) is 2.51. The van der Waals surface area contributed by atoms with Gasteiger partial charge in [-0.05, 0) is 12.8 Å². The molecule has 1 saturated carbocycles. The summed E-state index contributed by atoms with van der Waals surface area (Å²) in [7, 11) is 0. The van der Waals surface area contributed by atoms with Crippen molar-refractivity contribution in [1.29, 1.82) is 0 Å². The van der Waals surface area contributed by atoms with Crippen LogP contribution in [0.25, 0.3) is 0 Å². The molecule has 15 heavy (non-hydrogen) atoms. The van der Waals surface area contributed by atoms with Gasteiger partial charge in [-0.25, -0.2) is 4.98 Å². The Hall–Kier alpha value is -0.350. The maximum Gasteiger partial charge on any atom is 0.205 e. The number of nitrogens with zero attached hydrogens (tertiary/aromatic N) is 3. The van der Waals surface area contributed by atoms with E-state index in [-0.39, 0.29) is 0 Å². The Bertz CT molecular complexity index is 322. The average Bonchev–Trinajstić information content (AvgIpc) is 2.91. The van der Waals surface area contributed by atoms with Gasteiger partial charge in [-0.15, -0.1) is 11.6 Å². The number of halogens is 1. The number of hydrogen-bond donors (Lipinski definition) is 0. The second kappa shape index (κ2) is 4.66. The molecular weight excluding hydrogens is 230 g/mol. The molecule has 1 aliphatic carbocycles. The summed E-state index contributed by atoms with van der Waals surface area (Å²) in [6, 6.07) is 0.664. The van der Waals surface area contributed by atoms with E-state index in [1.165, 1.54) is 24.4 Å². The van der Waals surface area contributed by atoms with Crippen LogP contribution in [0.1, 0.15) is 38.4 Å². The fourth-order valence-electron chi connectivity index (χ4n) is 1.49. The first kappa shape index (κ1) is 11.1. The Kier molecular flexibility index (Phi) is 3.46. The van der Waals surface area contributed by atoms with Crippen molar-refractivity contribution >= 4 is 28.3 Å². The summed E-state index contributed by atoms with van der Waals surface area (Å²) in [5, 5.41) is 1.04. The van der Waals surface area contributed by atoms with Gasteiger partial charge >= 0.3 is 0 Å². The van der Waals surface area contributed by atoms with Crippen LogP contribution in [-0.4, -0.2) is 27.8 Å². The third kappa shape index (κ3) is 2.61. The minimum absolute atomic E-state index is 0.409. The third-order valence-corrected chi connectivity index (χ3v) is 3.44. The van der Waals surface area contributed by atoms with E-state index in [4.69, 9.17) is 11.6 Å². The molecule has 1 fully saturated rings. The molecule has 0 radical (unpaired) electrons. The zero-order valence-corrected chi connectivity index (χ0v) is 10.7. The molecule has 1 aromatic heterocycles. The molecule has 0 bridgehead atoms. The first-order valence-corrected chi connectivity index (χ1v) is 6.69. The van der Waals surface area contributed by atoms with Crippen molar-refractivity contribution in [3.8, 4) is 0 Å². The standard InChI is InChI=1S/C10H16ClN3S/c1-7(2)9-12-10(15-13-9)14(6-5-11)8-3-4-8/h7-8H,3-6H2,1-2H3. The van der Waals surface area contributed by atoms with Crippen LogP contribution in [0.5, 0.6) is 0 Å². The van der Waals surface area contributed by atoms with Crippen molar-refractivity contribution in [2.75, 3.05) is 17.3 Å². The number of rotatable bonds is 5. The fraction of sp³-hybridized carbons (Fsp3) is 0.800. The Balaban J connectivity index is 2.10. The minimum atomic E-state index is 0.409. The Morgan fingerprint density at radius 3 is 2.73 bits per heavy atom.